The van der Waals surface area contributed by atoms with E-state index in [0.29, 0.717) is 38.2 Å². The molecular weight excluding hydrogens is 364 g/mol. The molecule has 1 aliphatic rings. The molecule has 0 bridgehead atoms. The number of carbonyl (C=O) groups excluding carboxylic acids is 2. The Morgan fingerprint density at radius 3 is 2.44 bits per heavy atom. The van der Waals surface area contributed by atoms with Crippen LogP contribution in [0, 0.1) is 6.92 Å². The SMILES string of the molecule is CCCCN(CCCC)C(=O)N[C@]1(C(=O)c2ccc(C)nc2Cl)CCNC1. The number of carbonyl (C=O) groups is 2. The number of ketones is 1. The van der Waals surface area contributed by atoms with Crippen LogP contribution < -0.4 is 10.6 Å². The summed E-state index contributed by atoms with van der Waals surface area (Å²) >= 11 is 6.23. The van der Waals surface area contributed by atoms with Crippen molar-refractivity contribution in [2.75, 3.05) is 26.2 Å². The maximum Gasteiger partial charge on any atom is 0.318 e. The van der Waals surface area contributed by atoms with E-state index >= 15 is 0 Å². The molecule has 2 N–H and O–H groups in total. The lowest BCUT2D eigenvalue weighted by Crippen LogP contribution is -2.59. The Labute approximate surface area is 167 Å². The summed E-state index contributed by atoms with van der Waals surface area (Å²) in [6.45, 7) is 8.51. The van der Waals surface area contributed by atoms with Crippen LogP contribution in [0.4, 0.5) is 4.79 Å². The number of unbranched alkanes of at least 4 members (excludes halogenated alkanes) is 2. The zero-order valence-corrected chi connectivity index (χ0v) is 17.4. The van der Waals surface area contributed by atoms with Crippen LogP contribution in [-0.4, -0.2) is 53.4 Å². The van der Waals surface area contributed by atoms with Gasteiger partial charge in [0.1, 0.15) is 10.7 Å². The number of Topliss-reactive ketones (excluding diaryl/α,β-unsaturated/α-hetero) is 1. The standard InChI is InChI=1S/C20H31ClN4O2/c1-4-6-12-25(13-7-5-2)19(27)24-20(10-11-22-14-20)17(26)16-9-8-15(3)23-18(16)21/h8-9,22H,4-7,10-14H2,1-3H3,(H,24,27)/t20-/m1/s1. The quantitative estimate of drug-likeness (QED) is 0.496. The summed E-state index contributed by atoms with van der Waals surface area (Å²) < 4.78 is 0. The molecule has 1 aromatic rings. The van der Waals surface area contributed by atoms with Crippen molar-refractivity contribution in [3.8, 4) is 0 Å². The van der Waals surface area contributed by atoms with Crippen molar-refractivity contribution in [1.82, 2.24) is 20.5 Å². The molecule has 2 rings (SSSR count). The normalized spacial score (nSPS) is 19.1. The minimum Gasteiger partial charge on any atom is -0.325 e. The molecule has 0 unspecified atom stereocenters. The summed E-state index contributed by atoms with van der Waals surface area (Å²) in [4.78, 5) is 32.3. The molecule has 1 atom stereocenters. The van der Waals surface area contributed by atoms with Gasteiger partial charge in [0.05, 0.1) is 5.56 Å². The van der Waals surface area contributed by atoms with Crippen LogP contribution in [0.25, 0.3) is 0 Å². The molecule has 0 saturated carbocycles. The topological polar surface area (TPSA) is 74.3 Å². The third-order valence-electron chi connectivity index (χ3n) is 5.02. The first kappa shape index (κ1) is 21.6. The van der Waals surface area contributed by atoms with Crippen molar-refractivity contribution in [3.63, 3.8) is 0 Å². The average Bonchev–Trinajstić information content (AvgIpc) is 3.11. The molecule has 1 saturated heterocycles. The van der Waals surface area contributed by atoms with Crippen molar-refractivity contribution in [3.05, 3.63) is 28.5 Å². The number of nitrogens with one attached hydrogen (secondary N) is 2. The first-order valence-electron chi connectivity index (χ1n) is 9.89. The van der Waals surface area contributed by atoms with Gasteiger partial charge in [-0.15, -0.1) is 0 Å². The van der Waals surface area contributed by atoms with E-state index in [2.05, 4.69) is 29.5 Å². The van der Waals surface area contributed by atoms with Crippen molar-refractivity contribution < 1.29 is 9.59 Å². The summed E-state index contributed by atoms with van der Waals surface area (Å²) in [6.07, 6.45) is 4.48. The lowest BCUT2D eigenvalue weighted by molar-refractivity contribution is 0.0862. The van der Waals surface area contributed by atoms with E-state index in [1.54, 1.807) is 12.1 Å². The van der Waals surface area contributed by atoms with Crippen LogP contribution in [0.15, 0.2) is 12.1 Å². The van der Waals surface area contributed by atoms with Gasteiger partial charge in [-0.2, -0.15) is 0 Å². The predicted molar refractivity (Wildman–Crippen MR) is 108 cm³/mol. The highest BCUT2D eigenvalue weighted by Gasteiger charge is 2.44. The van der Waals surface area contributed by atoms with Gasteiger partial charge in [-0.3, -0.25) is 4.79 Å². The van der Waals surface area contributed by atoms with Crippen molar-refractivity contribution >= 4 is 23.4 Å². The summed E-state index contributed by atoms with van der Waals surface area (Å²) in [5.41, 5.74) is 0.137. The van der Waals surface area contributed by atoms with Crippen LogP contribution in [0.3, 0.4) is 0 Å². The van der Waals surface area contributed by atoms with Gasteiger partial charge in [0.2, 0.25) is 0 Å². The van der Waals surface area contributed by atoms with E-state index in [1.165, 1.54) is 0 Å². The largest absolute Gasteiger partial charge is 0.325 e. The molecular formula is C20H31ClN4O2. The molecule has 6 nitrogen and oxygen atoms in total. The van der Waals surface area contributed by atoms with Crippen molar-refractivity contribution in [2.24, 2.45) is 0 Å². The number of aromatic nitrogens is 1. The average molecular weight is 395 g/mol. The number of hydrogen-bond acceptors (Lipinski definition) is 4. The van der Waals surface area contributed by atoms with E-state index in [4.69, 9.17) is 11.6 Å². The third-order valence-corrected chi connectivity index (χ3v) is 5.31. The van der Waals surface area contributed by atoms with Crippen LogP contribution >= 0.6 is 11.6 Å². The summed E-state index contributed by atoms with van der Waals surface area (Å²) in [6, 6.07) is 3.29. The molecule has 1 aromatic heterocycles. The Morgan fingerprint density at radius 1 is 1.26 bits per heavy atom. The molecule has 0 radical (unpaired) electrons. The summed E-state index contributed by atoms with van der Waals surface area (Å²) in [5.74, 6) is -0.177. The zero-order chi connectivity index (χ0) is 19.9. The zero-order valence-electron chi connectivity index (χ0n) is 16.6. The van der Waals surface area contributed by atoms with Gasteiger partial charge in [0.15, 0.2) is 5.78 Å². The highest BCUT2D eigenvalue weighted by molar-refractivity contribution is 6.33. The van der Waals surface area contributed by atoms with Crippen molar-refractivity contribution in [2.45, 2.75) is 58.4 Å². The van der Waals surface area contributed by atoms with Crippen LogP contribution in [0.5, 0.6) is 0 Å². The second kappa shape index (κ2) is 10.0. The van der Waals surface area contributed by atoms with Crippen LogP contribution in [0.2, 0.25) is 5.15 Å². The van der Waals surface area contributed by atoms with E-state index < -0.39 is 5.54 Å². The molecule has 0 spiro atoms. The molecule has 150 valence electrons. The fourth-order valence-electron chi connectivity index (χ4n) is 3.30. The molecule has 0 aromatic carbocycles. The van der Waals surface area contributed by atoms with Gasteiger partial charge in [-0.05, 0) is 44.9 Å². The van der Waals surface area contributed by atoms with Gasteiger partial charge < -0.3 is 15.5 Å². The maximum atomic E-state index is 13.3. The fourth-order valence-corrected chi connectivity index (χ4v) is 3.58. The second-order valence-electron chi connectivity index (χ2n) is 7.25. The van der Waals surface area contributed by atoms with E-state index in [-0.39, 0.29) is 17.0 Å². The maximum absolute atomic E-state index is 13.3. The Hall–Kier alpha value is -1.66. The predicted octanol–water partition coefficient (Wildman–Crippen LogP) is 3.57. The molecule has 2 amide bonds. The second-order valence-corrected chi connectivity index (χ2v) is 7.61. The first-order valence-corrected chi connectivity index (χ1v) is 10.3. The number of halogens is 1. The smallest absolute Gasteiger partial charge is 0.318 e. The minimum absolute atomic E-state index is 0.176. The Morgan fingerprint density at radius 2 is 1.93 bits per heavy atom. The Bertz CT molecular complexity index is 651. The van der Waals surface area contributed by atoms with Crippen molar-refractivity contribution in [1.29, 1.82) is 0 Å². The number of hydrogen-bond donors (Lipinski definition) is 2. The van der Waals surface area contributed by atoms with E-state index in [1.807, 2.05) is 11.8 Å². The fraction of sp³-hybridized carbons (Fsp3) is 0.650. The first-order chi connectivity index (χ1) is 12.9. The van der Waals surface area contributed by atoms with Gasteiger partial charge in [0, 0.05) is 25.3 Å². The monoisotopic (exact) mass is 394 g/mol. The number of rotatable bonds is 9. The minimum atomic E-state index is -0.978. The molecule has 7 heteroatoms. The molecule has 27 heavy (non-hydrogen) atoms. The van der Waals surface area contributed by atoms with Crippen LogP contribution in [-0.2, 0) is 0 Å². The van der Waals surface area contributed by atoms with Gasteiger partial charge in [0.25, 0.3) is 0 Å². The lowest BCUT2D eigenvalue weighted by Gasteiger charge is -2.32. The third kappa shape index (κ3) is 5.42. The highest BCUT2D eigenvalue weighted by atomic mass is 35.5. The summed E-state index contributed by atoms with van der Waals surface area (Å²) in [5, 5.41) is 6.44. The van der Waals surface area contributed by atoms with Gasteiger partial charge >= 0.3 is 6.03 Å². The Balaban J connectivity index is 2.21. The summed E-state index contributed by atoms with van der Waals surface area (Å²) in [7, 11) is 0. The molecule has 1 aliphatic heterocycles. The van der Waals surface area contributed by atoms with E-state index in [0.717, 1.165) is 31.4 Å². The number of aryl methyl sites for hydroxylation is 1. The molecule has 0 aliphatic carbocycles. The number of pyridine rings is 1. The van der Waals surface area contributed by atoms with E-state index in [9.17, 15) is 9.59 Å². The van der Waals surface area contributed by atoms with Crippen LogP contribution in [0.1, 0.15) is 62.0 Å². The number of urea groups is 1. The highest BCUT2D eigenvalue weighted by Crippen LogP contribution is 2.25. The van der Waals surface area contributed by atoms with Gasteiger partial charge in [-0.1, -0.05) is 38.3 Å². The Kier molecular flexibility index (Phi) is 8.05. The molecule has 1 fully saturated rings. The number of nitrogens with zero attached hydrogens (tertiary/aromatic N) is 2. The van der Waals surface area contributed by atoms with Gasteiger partial charge in [-0.25, -0.2) is 9.78 Å². The molecule has 2 heterocycles. The lowest BCUT2D eigenvalue weighted by atomic mass is 9.89. The number of amides is 2.